The van der Waals surface area contributed by atoms with Crippen LogP contribution in [0.25, 0.3) is 0 Å². The standard InChI is InChI=1S/C16H17N5OS/c1-20-12-9-17-16(20)23-14-5-3-13(4-6-14)19-15(22)7-11-21-10-2-8-18-21/h2-6,8-10,12H,7,11H2,1H3,(H,19,22). The van der Waals surface area contributed by atoms with Gasteiger partial charge in [-0.1, -0.05) is 11.8 Å². The van der Waals surface area contributed by atoms with Gasteiger partial charge in [0.1, 0.15) is 0 Å². The lowest BCUT2D eigenvalue weighted by Gasteiger charge is -2.07. The maximum Gasteiger partial charge on any atom is 0.226 e. The molecule has 0 bridgehead atoms. The van der Waals surface area contributed by atoms with Gasteiger partial charge < -0.3 is 9.88 Å². The fourth-order valence-corrected chi connectivity index (χ4v) is 2.84. The molecule has 0 unspecified atom stereocenters. The molecule has 0 radical (unpaired) electrons. The van der Waals surface area contributed by atoms with E-state index in [-0.39, 0.29) is 5.91 Å². The maximum atomic E-state index is 11.9. The third kappa shape index (κ3) is 4.23. The highest BCUT2D eigenvalue weighted by Crippen LogP contribution is 2.26. The van der Waals surface area contributed by atoms with Crippen LogP contribution in [0.4, 0.5) is 5.69 Å². The molecule has 0 aliphatic heterocycles. The van der Waals surface area contributed by atoms with Crippen LogP contribution in [0.2, 0.25) is 0 Å². The van der Waals surface area contributed by atoms with Gasteiger partial charge in [-0.05, 0) is 30.3 Å². The molecule has 2 heterocycles. The molecular weight excluding hydrogens is 310 g/mol. The molecule has 1 N–H and O–H groups in total. The summed E-state index contributed by atoms with van der Waals surface area (Å²) in [7, 11) is 1.96. The van der Waals surface area contributed by atoms with Crippen molar-refractivity contribution in [3.05, 3.63) is 55.1 Å². The van der Waals surface area contributed by atoms with Gasteiger partial charge in [-0.15, -0.1) is 0 Å². The molecule has 0 spiro atoms. The van der Waals surface area contributed by atoms with E-state index in [1.54, 1.807) is 28.8 Å². The highest BCUT2D eigenvalue weighted by molar-refractivity contribution is 7.99. The van der Waals surface area contributed by atoms with E-state index in [4.69, 9.17) is 0 Å². The van der Waals surface area contributed by atoms with Gasteiger partial charge in [0.2, 0.25) is 5.91 Å². The topological polar surface area (TPSA) is 64.7 Å². The Labute approximate surface area is 138 Å². The lowest BCUT2D eigenvalue weighted by atomic mass is 10.3. The number of hydrogen-bond donors (Lipinski definition) is 1. The first-order valence-electron chi connectivity index (χ1n) is 7.23. The van der Waals surface area contributed by atoms with Crippen molar-refractivity contribution in [3.63, 3.8) is 0 Å². The molecule has 3 aromatic rings. The molecule has 6 nitrogen and oxygen atoms in total. The summed E-state index contributed by atoms with van der Waals surface area (Å²) >= 11 is 1.58. The van der Waals surface area contributed by atoms with Crippen LogP contribution in [-0.4, -0.2) is 25.2 Å². The summed E-state index contributed by atoms with van der Waals surface area (Å²) in [6.45, 7) is 0.575. The SMILES string of the molecule is Cn1ccnc1Sc1ccc(NC(=O)CCn2cccn2)cc1. The van der Waals surface area contributed by atoms with E-state index >= 15 is 0 Å². The smallest absolute Gasteiger partial charge is 0.226 e. The van der Waals surface area contributed by atoms with E-state index in [2.05, 4.69) is 15.4 Å². The van der Waals surface area contributed by atoms with Gasteiger partial charge in [0.15, 0.2) is 5.16 Å². The normalized spacial score (nSPS) is 10.7. The van der Waals surface area contributed by atoms with Crippen molar-refractivity contribution in [2.24, 2.45) is 7.05 Å². The first-order chi connectivity index (χ1) is 11.2. The Balaban J connectivity index is 1.52. The Kier molecular flexibility index (Phi) is 4.77. The Hall–Kier alpha value is -2.54. The minimum atomic E-state index is -0.0231. The molecule has 0 fully saturated rings. The van der Waals surface area contributed by atoms with E-state index in [1.807, 2.05) is 54.3 Å². The lowest BCUT2D eigenvalue weighted by molar-refractivity contribution is -0.116. The molecule has 7 heteroatoms. The van der Waals surface area contributed by atoms with Gasteiger partial charge in [0.25, 0.3) is 0 Å². The number of carbonyl (C=O) groups is 1. The zero-order chi connectivity index (χ0) is 16.1. The van der Waals surface area contributed by atoms with Crippen molar-refractivity contribution in [2.45, 2.75) is 23.0 Å². The number of nitrogens with one attached hydrogen (secondary N) is 1. The van der Waals surface area contributed by atoms with Crippen LogP contribution >= 0.6 is 11.8 Å². The fraction of sp³-hybridized carbons (Fsp3) is 0.188. The highest BCUT2D eigenvalue weighted by atomic mass is 32.2. The second-order valence-electron chi connectivity index (χ2n) is 5.01. The molecule has 0 saturated heterocycles. The van der Waals surface area contributed by atoms with Crippen molar-refractivity contribution in [1.29, 1.82) is 0 Å². The van der Waals surface area contributed by atoms with Crippen LogP contribution in [0.15, 0.2) is 65.2 Å². The van der Waals surface area contributed by atoms with E-state index < -0.39 is 0 Å². The number of rotatable bonds is 6. The van der Waals surface area contributed by atoms with Crippen LogP contribution in [0.3, 0.4) is 0 Å². The molecule has 2 aromatic heterocycles. The molecule has 1 aromatic carbocycles. The summed E-state index contributed by atoms with van der Waals surface area (Å²) in [6.07, 6.45) is 7.63. The largest absolute Gasteiger partial charge is 0.329 e. The molecule has 1 amide bonds. The molecule has 23 heavy (non-hydrogen) atoms. The van der Waals surface area contributed by atoms with Crippen molar-refractivity contribution in [1.82, 2.24) is 19.3 Å². The number of aryl methyl sites for hydroxylation is 2. The van der Waals surface area contributed by atoms with Crippen LogP contribution in [0, 0.1) is 0 Å². The van der Waals surface area contributed by atoms with Gasteiger partial charge in [-0.25, -0.2) is 4.98 Å². The Morgan fingerprint density at radius 2 is 2.04 bits per heavy atom. The van der Waals surface area contributed by atoms with Crippen LogP contribution in [0.1, 0.15) is 6.42 Å². The molecule has 0 aliphatic carbocycles. The molecule has 118 valence electrons. The van der Waals surface area contributed by atoms with Gasteiger partial charge in [0, 0.05) is 55.4 Å². The summed E-state index contributed by atoms with van der Waals surface area (Å²) in [5.74, 6) is -0.0231. The minimum Gasteiger partial charge on any atom is -0.329 e. The first kappa shape index (κ1) is 15.4. The Bertz CT molecular complexity index is 764. The molecule has 3 rings (SSSR count). The third-order valence-electron chi connectivity index (χ3n) is 3.25. The van der Waals surface area contributed by atoms with Crippen molar-refractivity contribution in [2.75, 3.05) is 5.32 Å². The van der Waals surface area contributed by atoms with Crippen LogP contribution in [0.5, 0.6) is 0 Å². The average molecular weight is 327 g/mol. The minimum absolute atomic E-state index is 0.0231. The fourth-order valence-electron chi connectivity index (χ4n) is 2.03. The second kappa shape index (κ2) is 7.15. The van der Waals surface area contributed by atoms with Gasteiger partial charge >= 0.3 is 0 Å². The summed E-state index contributed by atoms with van der Waals surface area (Å²) < 4.78 is 3.71. The number of nitrogens with zero attached hydrogens (tertiary/aromatic N) is 4. The van der Waals surface area contributed by atoms with Crippen LogP contribution in [-0.2, 0) is 18.4 Å². The van der Waals surface area contributed by atoms with Gasteiger partial charge in [0.05, 0.1) is 0 Å². The molecular formula is C16H17N5OS. The number of amides is 1. The van der Waals surface area contributed by atoms with Crippen molar-refractivity contribution in [3.8, 4) is 0 Å². The number of aromatic nitrogens is 4. The van der Waals surface area contributed by atoms with E-state index in [0.29, 0.717) is 13.0 Å². The number of benzene rings is 1. The van der Waals surface area contributed by atoms with Gasteiger partial charge in [-0.2, -0.15) is 5.10 Å². The summed E-state index contributed by atoms with van der Waals surface area (Å²) in [5, 5.41) is 7.90. The lowest BCUT2D eigenvalue weighted by Crippen LogP contribution is -2.14. The summed E-state index contributed by atoms with van der Waals surface area (Å²) in [6, 6.07) is 9.59. The van der Waals surface area contributed by atoms with E-state index in [0.717, 1.165) is 15.7 Å². The zero-order valence-electron chi connectivity index (χ0n) is 12.7. The van der Waals surface area contributed by atoms with Crippen molar-refractivity contribution < 1.29 is 4.79 Å². The van der Waals surface area contributed by atoms with Crippen molar-refractivity contribution >= 4 is 23.4 Å². The number of anilines is 1. The number of hydrogen-bond acceptors (Lipinski definition) is 4. The highest BCUT2D eigenvalue weighted by Gasteiger charge is 2.05. The second-order valence-corrected chi connectivity index (χ2v) is 6.06. The predicted octanol–water partition coefficient (Wildman–Crippen LogP) is 2.80. The predicted molar refractivity (Wildman–Crippen MR) is 89.2 cm³/mol. The Morgan fingerprint density at radius 3 is 2.70 bits per heavy atom. The molecule has 0 atom stereocenters. The molecule has 0 aliphatic rings. The third-order valence-corrected chi connectivity index (χ3v) is 4.34. The summed E-state index contributed by atoms with van der Waals surface area (Å²) in [5.41, 5.74) is 0.791. The van der Waals surface area contributed by atoms with Gasteiger partial charge in [-0.3, -0.25) is 9.48 Å². The first-order valence-corrected chi connectivity index (χ1v) is 8.05. The van der Waals surface area contributed by atoms with E-state index in [9.17, 15) is 4.79 Å². The number of imidazole rings is 1. The zero-order valence-corrected chi connectivity index (χ0v) is 13.5. The maximum absolute atomic E-state index is 11.9. The average Bonchev–Trinajstić information content (AvgIpc) is 3.20. The Morgan fingerprint density at radius 1 is 1.22 bits per heavy atom. The quantitative estimate of drug-likeness (QED) is 0.756. The van der Waals surface area contributed by atoms with E-state index in [1.165, 1.54) is 0 Å². The monoisotopic (exact) mass is 327 g/mol. The molecule has 0 saturated carbocycles. The summed E-state index contributed by atoms with van der Waals surface area (Å²) in [4.78, 5) is 17.3. The van der Waals surface area contributed by atoms with Crippen LogP contribution < -0.4 is 5.32 Å². The number of carbonyl (C=O) groups excluding carboxylic acids is 1.